The van der Waals surface area contributed by atoms with E-state index in [1.807, 2.05) is 0 Å². The van der Waals surface area contributed by atoms with E-state index in [1.54, 1.807) is 17.0 Å². The number of nitrogens with zero attached hydrogens (tertiary/aromatic N) is 1. The van der Waals surface area contributed by atoms with Crippen molar-refractivity contribution in [3.05, 3.63) is 71.0 Å². The van der Waals surface area contributed by atoms with Crippen LogP contribution in [0.1, 0.15) is 43.9 Å². The SMILES string of the molecule is O=C(O)c1cccc(C(=O)NC2CCN(C(=O)c3ccccc3F)CC2)c1. The van der Waals surface area contributed by atoms with E-state index in [2.05, 4.69) is 5.32 Å². The monoisotopic (exact) mass is 370 g/mol. The number of nitrogens with one attached hydrogen (secondary N) is 1. The van der Waals surface area contributed by atoms with Gasteiger partial charge in [0, 0.05) is 24.7 Å². The van der Waals surface area contributed by atoms with Crippen molar-refractivity contribution in [2.24, 2.45) is 0 Å². The average molecular weight is 370 g/mol. The number of carbonyl (C=O) groups is 3. The Morgan fingerprint density at radius 2 is 1.67 bits per heavy atom. The fourth-order valence-corrected chi connectivity index (χ4v) is 3.09. The minimum Gasteiger partial charge on any atom is -0.478 e. The van der Waals surface area contributed by atoms with Crippen LogP contribution in [-0.2, 0) is 0 Å². The molecule has 27 heavy (non-hydrogen) atoms. The second-order valence-corrected chi connectivity index (χ2v) is 6.41. The van der Waals surface area contributed by atoms with Gasteiger partial charge in [0.25, 0.3) is 11.8 Å². The first kappa shape index (κ1) is 18.6. The Hall–Kier alpha value is -3.22. The highest BCUT2D eigenvalue weighted by molar-refractivity contribution is 5.97. The van der Waals surface area contributed by atoms with Crippen molar-refractivity contribution in [1.29, 1.82) is 0 Å². The molecule has 1 heterocycles. The third-order valence-electron chi connectivity index (χ3n) is 4.59. The smallest absolute Gasteiger partial charge is 0.335 e. The van der Waals surface area contributed by atoms with E-state index in [-0.39, 0.29) is 34.5 Å². The highest BCUT2D eigenvalue weighted by Crippen LogP contribution is 2.16. The van der Waals surface area contributed by atoms with Crippen LogP contribution < -0.4 is 5.32 Å². The lowest BCUT2D eigenvalue weighted by Gasteiger charge is -2.32. The molecule has 0 saturated carbocycles. The fourth-order valence-electron chi connectivity index (χ4n) is 3.09. The van der Waals surface area contributed by atoms with E-state index >= 15 is 0 Å². The van der Waals surface area contributed by atoms with Gasteiger partial charge < -0.3 is 15.3 Å². The number of rotatable bonds is 4. The van der Waals surface area contributed by atoms with Crippen molar-refractivity contribution in [3.63, 3.8) is 0 Å². The maximum Gasteiger partial charge on any atom is 0.335 e. The number of carboxylic acid groups (broad SMARTS) is 1. The lowest BCUT2D eigenvalue weighted by atomic mass is 10.0. The quantitative estimate of drug-likeness (QED) is 0.866. The maximum atomic E-state index is 13.8. The largest absolute Gasteiger partial charge is 0.478 e. The number of hydrogen-bond donors (Lipinski definition) is 2. The second-order valence-electron chi connectivity index (χ2n) is 6.41. The normalized spacial score (nSPS) is 14.6. The van der Waals surface area contributed by atoms with Crippen molar-refractivity contribution in [3.8, 4) is 0 Å². The molecule has 1 aliphatic heterocycles. The number of carbonyl (C=O) groups excluding carboxylic acids is 2. The van der Waals surface area contributed by atoms with Crippen LogP contribution in [0.25, 0.3) is 0 Å². The topological polar surface area (TPSA) is 86.7 Å². The average Bonchev–Trinajstić information content (AvgIpc) is 2.68. The van der Waals surface area contributed by atoms with E-state index in [0.29, 0.717) is 25.9 Å². The van der Waals surface area contributed by atoms with Crippen molar-refractivity contribution in [2.75, 3.05) is 13.1 Å². The first-order valence-electron chi connectivity index (χ1n) is 8.63. The Labute approximate surface area is 155 Å². The molecular weight excluding hydrogens is 351 g/mol. The van der Waals surface area contributed by atoms with Crippen LogP contribution in [-0.4, -0.2) is 46.9 Å². The van der Waals surface area contributed by atoms with Crippen molar-refractivity contribution in [2.45, 2.75) is 18.9 Å². The summed E-state index contributed by atoms with van der Waals surface area (Å²) < 4.78 is 13.8. The van der Waals surface area contributed by atoms with E-state index in [4.69, 9.17) is 5.11 Å². The molecule has 3 rings (SSSR count). The Morgan fingerprint density at radius 1 is 1.00 bits per heavy atom. The number of aromatic carboxylic acids is 1. The summed E-state index contributed by atoms with van der Waals surface area (Å²) in [5.74, 6) is -2.34. The summed E-state index contributed by atoms with van der Waals surface area (Å²) in [7, 11) is 0. The summed E-state index contributed by atoms with van der Waals surface area (Å²) in [4.78, 5) is 37.3. The van der Waals surface area contributed by atoms with Crippen LogP contribution in [0, 0.1) is 5.82 Å². The lowest BCUT2D eigenvalue weighted by Crippen LogP contribution is -2.46. The second kappa shape index (κ2) is 7.99. The summed E-state index contributed by atoms with van der Waals surface area (Å²) in [6.07, 6.45) is 1.09. The number of piperidine rings is 1. The van der Waals surface area contributed by atoms with Crippen LogP contribution in [0.15, 0.2) is 48.5 Å². The zero-order valence-electron chi connectivity index (χ0n) is 14.5. The Balaban J connectivity index is 1.57. The van der Waals surface area contributed by atoms with Crippen molar-refractivity contribution >= 4 is 17.8 Å². The maximum absolute atomic E-state index is 13.8. The van der Waals surface area contributed by atoms with Gasteiger partial charge in [0.1, 0.15) is 5.82 Å². The zero-order valence-corrected chi connectivity index (χ0v) is 14.5. The third-order valence-corrected chi connectivity index (χ3v) is 4.59. The first-order valence-corrected chi connectivity index (χ1v) is 8.63. The predicted molar refractivity (Wildman–Crippen MR) is 96.2 cm³/mol. The molecule has 140 valence electrons. The molecule has 0 bridgehead atoms. The van der Waals surface area contributed by atoms with Gasteiger partial charge in [-0.15, -0.1) is 0 Å². The molecule has 2 N–H and O–H groups in total. The highest BCUT2D eigenvalue weighted by atomic mass is 19.1. The van der Waals surface area contributed by atoms with Gasteiger partial charge in [0.05, 0.1) is 11.1 Å². The number of carboxylic acids is 1. The molecule has 1 fully saturated rings. The van der Waals surface area contributed by atoms with E-state index < -0.39 is 11.8 Å². The number of amides is 2. The molecular formula is C20H19FN2O4. The third kappa shape index (κ3) is 4.31. The standard InChI is InChI=1S/C20H19FN2O4/c21-17-7-2-1-6-16(17)19(25)23-10-8-15(9-11-23)22-18(24)13-4-3-5-14(12-13)20(26)27/h1-7,12,15H,8-11H2,(H,22,24)(H,26,27). The molecule has 1 aliphatic rings. The molecule has 0 radical (unpaired) electrons. The number of hydrogen-bond acceptors (Lipinski definition) is 3. The molecule has 7 heteroatoms. The van der Waals surface area contributed by atoms with Crippen LogP contribution in [0.5, 0.6) is 0 Å². The number of benzene rings is 2. The molecule has 2 amide bonds. The molecule has 6 nitrogen and oxygen atoms in total. The van der Waals surface area contributed by atoms with Gasteiger partial charge in [0.15, 0.2) is 0 Å². The van der Waals surface area contributed by atoms with Crippen LogP contribution in [0.3, 0.4) is 0 Å². The van der Waals surface area contributed by atoms with E-state index in [9.17, 15) is 18.8 Å². The summed E-state index contributed by atoms with van der Waals surface area (Å²) in [5, 5.41) is 11.9. The van der Waals surface area contributed by atoms with Gasteiger partial charge in [-0.3, -0.25) is 9.59 Å². The predicted octanol–water partition coefficient (Wildman–Crippen LogP) is 2.56. The number of halogens is 1. The van der Waals surface area contributed by atoms with Gasteiger partial charge in [-0.05, 0) is 43.2 Å². The minimum absolute atomic E-state index is 0.0467. The summed E-state index contributed by atoms with van der Waals surface area (Å²) in [6.45, 7) is 0.820. The summed E-state index contributed by atoms with van der Waals surface area (Å²) in [6, 6.07) is 11.6. The Kier molecular flexibility index (Phi) is 5.49. The van der Waals surface area contributed by atoms with Gasteiger partial charge >= 0.3 is 5.97 Å². The molecule has 0 atom stereocenters. The van der Waals surface area contributed by atoms with Gasteiger partial charge in [-0.25, -0.2) is 9.18 Å². The zero-order chi connectivity index (χ0) is 19.4. The summed E-state index contributed by atoms with van der Waals surface area (Å²) in [5.41, 5.74) is 0.373. The molecule has 1 saturated heterocycles. The van der Waals surface area contributed by atoms with Crippen LogP contribution in [0.4, 0.5) is 4.39 Å². The molecule has 0 aromatic heterocycles. The molecule has 0 spiro atoms. The minimum atomic E-state index is -1.09. The molecule has 2 aromatic rings. The lowest BCUT2D eigenvalue weighted by molar-refractivity contribution is 0.0686. The van der Waals surface area contributed by atoms with E-state index in [1.165, 1.54) is 36.4 Å². The van der Waals surface area contributed by atoms with E-state index in [0.717, 1.165) is 0 Å². The Morgan fingerprint density at radius 3 is 2.33 bits per heavy atom. The first-order chi connectivity index (χ1) is 13.0. The molecule has 0 aliphatic carbocycles. The van der Waals surface area contributed by atoms with Crippen LogP contribution in [0.2, 0.25) is 0 Å². The fraction of sp³-hybridized carbons (Fsp3) is 0.250. The van der Waals surface area contributed by atoms with Crippen molar-refractivity contribution in [1.82, 2.24) is 10.2 Å². The molecule has 0 unspecified atom stereocenters. The van der Waals surface area contributed by atoms with Gasteiger partial charge in [-0.1, -0.05) is 18.2 Å². The number of likely N-dealkylation sites (tertiary alicyclic amines) is 1. The molecule has 2 aromatic carbocycles. The highest BCUT2D eigenvalue weighted by Gasteiger charge is 2.26. The van der Waals surface area contributed by atoms with Gasteiger partial charge in [0.2, 0.25) is 0 Å². The van der Waals surface area contributed by atoms with Crippen LogP contribution >= 0.6 is 0 Å². The Bertz CT molecular complexity index is 876. The van der Waals surface area contributed by atoms with Crippen molar-refractivity contribution < 1.29 is 23.9 Å². The van der Waals surface area contributed by atoms with Gasteiger partial charge in [-0.2, -0.15) is 0 Å². The summed E-state index contributed by atoms with van der Waals surface area (Å²) >= 11 is 0.